The summed E-state index contributed by atoms with van der Waals surface area (Å²) in [5.74, 6) is 1.27. The molecule has 0 bridgehead atoms. The average molecular weight is 281 g/mol. The first-order chi connectivity index (χ1) is 9.32. The highest BCUT2D eigenvalue weighted by Crippen LogP contribution is 2.36. The summed E-state index contributed by atoms with van der Waals surface area (Å²) in [6.45, 7) is 0.215. The van der Waals surface area contributed by atoms with Gasteiger partial charge in [0, 0.05) is 19.1 Å². The molecule has 0 spiro atoms. The number of carboxylic acids is 1. The standard InChI is InChI=1S/C14H23N3O3/c1-5-9-17(10-12(18)19)13(20)16(4)11-14(15(2)3)7-6-8-14/h1H,6-11H2,2-4H3,(H,18,19). The fourth-order valence-corrected chi connectivity index (χ4v) is 2.55. The van der Waals surface area contributed by atoms with Crippen molar-refractivity contribution in [1.82, 2.24) is 14.7 Å². The molecule has 1 rings (SSSR count). The van der Waals surface area contributed by atoms with Gasteiger partial charge in [-0.2, -0.15) is 0 Å². The third-order valence-electron chi connectivity index (χ3n) is 3.97. The fourth-order valence-electron chi connectivity index (χ4n) is 2.55. The Morgan fingerprint density at radius 1 is 1.30 bits per heavy atom. The van der Waals surface area contributed by atoms with Crippen molar-refractivity contribution in [3.8, 4) is 12.3 Å². The zero-order valence-corrected chi connectivity index (χ0v) is 12.4. The van der Waals surface area contributed by atoms with E-state index in [1.54, 1.807) is 11.9 Å². The van der Waals surface area contributed by atoms with Crippen LogP contribution >= 0.6 is 0 Å². The van der Waals surface area contributed by atoms with Crippen molar-refractivity contribution >= 4 is 12.0 Å². The lowest BCUT2D eigenvalue weighted by Crippen LogP contribution is -2.59. The lowest BCUT2D eigenvalue weighted by atomic mass is 9.75. The Hall–Kier alpha value is -1.74. The molecule has 1 aliphatic rings. The molecule has 0 heterocycles. The molecule has 0 aromatic heterocycles. The van der Waals surface area contributed by atoms with E-state index in [0.29, 0.717) is 6.54 Å². The van der Waals surface area contributed by atoms with Gasteiger partial charge in [-0.3, -0.25) is 4.79 Å². The molecular weight excluding hydrogens is 258 g/mol. The van der Waals surface area contributed by atoms with Gasteiger partial charge in [0.25, 0.3) is 0 Å². The summed E-state index contributed by atoms with van der Waals surface area (Å²) in [4.78, 5) is 27.9. The van der Waals surface area contributed by atoms with Gasteiger partial charge in [-0.1, -0.05) is 5.92 Å². The van der Waals surface area contributed by atoms with Crippen LogP contribution in [0.15, 0.2) is 0 Å². The molecule has 0 atom stereocenters. The molecule has 1 N–H and O–H groups in total. The number of rotatable bonds is 6. The van der Waals surface area contributed by atoms with Gasteiger partial charge in [0.05, 0.1) is 6.54 Å². The Bertz CT molecular complexity index is 410. The van der Waals surface area contributed by atoms with Crippen LogP contribution in [-0.4, -0.2) is 78.1 Å². The minimum Gasteiger partial charge on any atom is -0.480 e. The third kappa shape index (κ3) is 3.64. The van der Waals surface area contributed by atoms with Crippen LogP contribution in [0.25, 0.3) is 0 Å². The predicted molar refractivity (Wildman–Crippen MR) is 76.3 cm³/mol. The summed E-state index contributed by atoms with van der Waals surface area (Å²) >= 11 is 0. The number of carbonyl (C=O) groups is 2. The van der Waals surface area contributed by atoms with Crippen LogP contribution in [0.4, 0.5) is 4.79 Å². The SMILES string of the molecule is C#CCN(CC(=O)O)C(=O)N(C)CC1(N(C)C)CCC1. The Labute approximate surface area is 120 Å². The maximum atomic E-state index is 12.3. The Morgan fingerprint density at radius 2 is 1.90 bits per heavy atom. The van der Waals surface area contributed by atoms with E-state index in [1.807, 2.05) is 14.1 Å². The van der Waals surface area contributed by atoms with Gasteiger partial charge in [-0.05, 0) is 33.4 Å². The van der Waals surface area contributed by atoms with Gasteiger partial charge >= 0.3 is 12.0 Å². The molecule has 1 saturated carbocycles. The number of carboxylic acid groups (broad SMARTS) is 1. The zero-order chi connectivity index (χ0) is 15.3. The number of hydrogen-bond acceptors (Lipinski definition) is 3. The smallest absolute Gasteiger partial charge is 0.323 e. The number of hydrogen-bond donors (Lipinski definition) is 1. The summed E-state index contributed by atoms with van der Waals surface area (Å²) in [6.07, 6.45) is 8.44. The van der Waals surface area contributed by atoms with Crippen molar-refractivity contribution in [2.75, 3.05) is 40.8 Å². The van der Waals surface area contributed by atoms with Gasteiger partial charge in [-0.25, -0.2) is 4.79 Å². The molecule has 2 amide bonds. The quantitative estimate of drug-likeness (QED) is 0.722. The molecule has 0 aromatic rings. The summed E-state index contributed by atoms with van der Waals surface area (Å²) in [6, 6.07) is -0.335. The number of likely N-dealkylation sites (N-methyl/N-ethyl adjacent to an activating group) is 2. The first kappa shape index (κ1) is 16.3. The summed E-state index contributed by atoms with van der Waals surface area (Å²) < 4.78 is 0. The molecule has 0 unspecified atom stereocenters. The maximum Gasteiger partial charge on any atom is 0.323 e. The van der Waals surface area contributed by atoms with Gasteiger partial charge < -0.3 is 19.8 Å². The molecule has 112 valence electrons. The van der Waals surface area contributed by atoms with E-state index in [9.17, 15) is 9.59 Å². The number of aliphatic carboxylic acids is 1. The molecule has 0 radical (unpaired) electrons. The van der Waals surface area contributed by atoms with Crippen molar-refractivity contribution in [1.29, 1.82) is 0 Å². The van der Waals surface area contributed by atoms with Gasteiger partial charge in [0.15, 0.2) is 0 Å². The zero-order valence-electron chi connectivity index (χ0n) is 12.4. The number of terminal acetylenes is 1. The molecule has 0 aromatic carbocycles. The molecule has 0 aliphatic heterocycles. The first-order valence-electron chi connectivity index (χ1n) is 6.65. The van der Waals surface area contributed by atoms with E-state index < -0.39 is 5.97 Å². The minimum atomic E-state index is -1.06. The van der Waals surface area contributed by atoms with Crippen molar-refractivity contribution in [2.24, 2.45) is 0 Å². The van der Waals surface area contributed by atoms with Crippen molar-refractivity contribution < 1.29 is 14.7 Å². The highest BCUT2D eigenvalue weighted by molar-refractivity contribution is 5.80. The Morgan fingerprint density at radius 3 is 2.25 bits per heavy atom. The monoisotopic (exact) mass is 281 g/mol. The second-order valence-corrected chi connectivity index (χ2v) is 5.56. The van der Waals surface area contributed by atoms with Crippen LogP contribution in [-0.2, 0) is 4.79 Å². The number of urea groups is 1. The predicted octanol–water partition coefficient (Wildman–Crippen LogP) is 0.542. The Balaban J connectivity index is 2.69. The number of amides is 2. The van der Waals surface area contributed by atoms with Gasteiger partial charge in [0.2, 0.25) is 0 Å². The van der Waals surface area contributed by atoms with E-state index in [0.717, 1.165) is 19.3 Å². The van der Waals surface area contributed by atoms with Crippen LogP contribution in [0.5, 0.6) is 0 Å². The van der Waals surface area contributed by atoms with Gasteiger partial charge in [-0.15, -0.1) is 6.42 Å². The normalized spacial score (nSPS) is 16.1. The van der Waals surface area contributed by atoms with Gasteiger partial charge in [0.1, 0.15) is 6.54 Å². The molecule has 1 fully saturated rings. The highest BCUT2D eigenvalue weighted by Gasteiger charge is 2.41. The van der Waals surface area contributed by atoms with Crippen LogP contribution in [0.2, 0.25) is 0 Å². The fraction of sp³-hybridized carbons (Fsp3) is 0.714. The van der Waals surface area contributed by atoms with Crippen LogP contribution < -0.4 is 0 Å². The second kappa shape index (κ2) is 6.62. The van der Waals surface area contributed by atoms with Crippen LogP contribution in [0.1, 0.15) is 19.3 Å². The van der Waals surface area contributed by atoms with Crippen molar-refractivity contribution in [3.63, 3.8) is 0 Å². The van der Waals surface area contributed by atoms with E-state index in [-0.39, 0.29) is 24.7 Å². The summed E-state index contributed by atoms with van der Waals surface area (Å²) in [5, 5.41) is 8.83. The lowest BCUT2D eigenvalue weighted by Gasteiger charge is -2.49. The number of carbonyl (C=O) groups excluding carboxylic acids is 1. The highest BCUT2D eigenvalue weighted by atomic mass is 16.4. The van der Waals surface area contributed by atoms with E-state index >= 15 is 0 Å². The lowest BCUT2D eigenvalue weighted by molar-refractivity contribution is -0.137. The van der Waals surface area contributed by atoms with E-state index in [2.05, 4.69) is 10.8 Å². The first-order valence-corrected chi connectivity index (χ1v) is 6.65. The average Bonchev–Trinajstić information content (AvgIpc) is 2.31. The largest absolute Gasteiger partial charge is 0.480 e. The molecule has 6 nitrogen and oxygen atoms in total. The van der Waals surface area contributed by atoms with Crippen molar-refractivity contribution in [2.45, 2.75) is 24.8 Å². The maximum absolute atomic E-state index is 12.3. The summed E-state index contributed by atoms with van der Waals surface area (Å²) in [7, 11) is 5.71. The van der Waals surface area contributed by atoms with Crippen LogP contribution in [0.3, 0.4) is 0 Å². The van der Waals surface area contributed by atoms with Crippen molar-refractivity contribution in [3.05, 3.63) is 0 Å². The van der Waals surface area contributed by atoms with E-state index in [4.69, 9.17) is 11.5 Å². The molecular formula is C14H23N3O3. The topological polar surface area (TPSA) is 64.1 Å². The third-order valence-corrected chi connectivity index (χ3v) is 3.97. The minimum absolute atomic E-state index is 0.00440. The van der Waals surface area contributed by atoms with Crippen LogP contribution in [0, 0.1) is 12.3 Å². The number of nitrogens with zero attached hydrogens (tertiary/aromatic N) is 3. The van der Waals surface area contributed by atoms with E-state index in [1.165, 1.54) is 4.90 Å². The Kier molecular flexibility index (Phi) is 5.40. The molecule has 6 heteroatoms. The molecule has 1 aliphatic carbocycles. The molecule has 20 heavy (non-hydrogen) atoms. The summed E-state index contributed by atoms with van der Waals surface area (Å²) in [5.41, 5.74) is 0.00937. The second-order valence-electron chi connectivity index (χ2n) is 5.56. The molecule has 0 saturated heterocycles.